The van der Waals surface area contributed by atoms with Crippen LogP contribution in [-0.2, 0) is 4.79 Å². The maximum Gasteiger partial charge on any atom is 0.222 e. The summed E-state index contributed by atoms with van der Waals surface area (Å²) in [7, 11) is 0. The molecule has 0 aliphatic carbocycles. The Balaban J connectivity index is 2.29. The average molecular weight is 304 g/mol. The van der Waals surface area contributed by atoms with E-state index in [1.807, 2.05) is 36.4 Å². The van der Waals surface area contributed by atoms with Gasteiger partial charge in [0.05, 0.1) is 11.7 Å². The van der Waals surface area contributed by atoms with Crippen molar-refractivity contribution in [3.05, 3.63) is 64.9 Å². The average Bonchev–Trinajstić information content (AvgIpc) is 2.45. The number of aromatic nitrogens is 1. The van der Waals surface area contributed by atoms with Crippen LogP contribution in [0.25, 0.3) is 0 Å². The number of nitrogens with two attached hydrogens (primary N) is 1. The number of benzene rings is 1. The van der Waals surface area contributed by atoms with Gasteiger partial charge in [-0.3, -0.25) is 9.78 Å². The molecule has 0 fully saturated rings. The number of nitrogens with zero attached hydrogens (tertiary/aromatic N) is 1. The third-order valence-electron chi connectivity index (χ3n) is 2.98. The lowest BCUT2D eigenvalue weighted by molar-refractivity contribution is -0.121. The Kier molecular flexibility index (Phi) is 5.31. The van der Waals surface area contributed by atoms with Gasteiger partial charge in [0.25, 0.3) is 0 Å². The molecule has 0 radical (unpaired) electrons. The number of amides is 1. The maximum atomic E-state index is 12.0. The summed E-state index contributed by atoms with van der Waals surface area (Å²) in [6.07, 6.45) is 1.97. The molecule has 1 aromatic heterocycles. The molecule has 1 amide bonds. The molecule has 2 atom stereocenters. The zero-order chi connectivity index (χ0) is 15.2. The fraction of sp³-hybridized carbons (Fsp3) is 0.250. The molecule has 21 heavy (non-hydrogen) atoms. The maximum absolute atomic E-state index is 12.0. The normalized spacial score (nSPS) is 13.5. The van der Waals surface area contributed by atoms with Gasteiger partial charge in [0.2, 0.25) is 5.91 Å². The van der Waals surface area contributed by atoms with Crippen LogP contribution >= 0.6 is 11.6 Å². The minimum Gasteiger partial charge on any atom is -0.344 e. The zero-order valence-corrected chi connectivity index (χ0v) is 12.5. The topological polar surface area (TPSA) is 68.0 Å². The summed E-state index contributed by atoms with van der Waals surface area (Å²) in [5.41, 5.74) is 7.32. The molecule has 2 unspecified atom stereocenters. The third kappa shape index (κ3) is 4.55. The highest BCUT2D eigenvalue weighted by Gasteiger charge is 2.18. The number of halogens is 1. The predicted molar refractivity (Wildman–Crippen MR) is 83.9 cm³/mol. The summed E-state index contributed by atoms with van der Waals surface area (Å²) in [4.78, 5) is 16.4. The smallest absolute Gasteiger partial charge is 0.222 e. The van der Waals surface area contributed by atoms with E-state index >= 15 is 0 Å². The minimum atomic E-state index is -0.337. The standard InChI is InChI=1S/C16H18ClN3O/c1-11(18)9-15(21)20-16(14-7-2-3-8-19-14)12-5-4-6-13(17)10-12/h2-8,10-11,16H,9,18H2,1H3,(H,20,21). The van der Waals surface area contributed by atoms with Gasteiger partial charge in [-0.05, 0) is 36.8 Å². The zero-order valence-electron chi connectivity index (χ0n) is 11.8. The quantitative estimate of drug-likeness (QED) is 0.892. The van der Waals surface area contributed by atoms with Gasteiger partial charge in [0.15, 0.2) is 0 Å². The summed E-state index contributed by atoms with van der Waals surface area (Å²) in [5.74, 6) is -0.111. The van der Waals surface area contributed by atoms with Gasteiger partial charge < -0.3 is 11.1 Å². The van der Waals surface area contributed by atoms with Crippen molar-refractivity contribution >= 4 is 17.5 Å². The van der Waals surface area contributed by atoms with Crippen LogP contribution in [0.1, 0.15) is 30.6 Å². The second kappa shape index (κ2) is 7.20. The first-order valence-electron chi connectivity index (χ1n) is 6.77. The van der Waals surface area contributed by atoms with E-state index in [1.165, 1.54) is 0 Å². The van der Waals surface area contributed by atoms with Crippen molar-refractivity contribution in [2.75, 3.05) is 0 Å². The molecule has 0 saturated carbocycles. The van der Waals surface area contributed by atoms with Crippen molar-refractivity contribution in [3.8, 4) is 0 Å². The van der Waals surface area contributed by atoms with Gasteiger partial charge in [0.1, 0.15) is 0 Å². The highest BCUT2D eigenvalue weighted by molar-refractivity contribution is 6.30. The molecule has 2 aromatic rings. The van der Waals surface area contributed by atoms with Crippen LogP contribution in [0.4, 0.5) is 0 Å². The number of carbonyl (C=O) groups is 1. The molecule has 0 bridgehead atoms. The number of carbonyl (C=O) groups excluding carboxylic acids is 1. The Morgan fingerprint density at radius 1 is 1.33 bits per heavy atom. The molecule has 0 aliphatic heterocycles. The molecule has 3 N–H and O–H groups in total. The first kappa shape index (κ1) is 15.5. The Bertz CT molecular complexity index is 601. The molecule has 4 nitrogen and oxygen atoms in total. The highest BCUT2D eigenvalue weighted by atomic mass is 35.5. The molecular formula is C16H18ClN3O. The minimum absolute atomic E-state index is 0.111. The van der Waals surface area contributed by atoms with Gasteiger partial charge in [-0.2, -0.15) is 0 Å². The molecule has 2 rings (SSSR count). The lowest BCUT2D eigenvalue weighted by Gasteiger charge is -2.19. The van der Waals surface area contributed by atoms with Crippen molar-refractivity contribution < 1.29 is 4.79 Å². The first-order chi connectivity index (χ1) is 10.1. The van der Waals surface area contributed by atoms with E-state index in [-0.39, 0.29) is 24.4 Å². The number of hydrogen-bond acceptors (Lipinski definition) is 3. The van der Waals surface area contributed by atoms with Crippen molar-refractivity contribution in [2.24, 2.45) is 5.73 Å². The molecular weight excluding hydrogens is 286 g/mol. The SMILES string of the molecule is CC(N)CC(=O)NC(c1cccc(Cl)c1)c1ccccn1. The molecule has 0 spiro atoms. The largest absolute Gasteiger partial charge is 0.344 e. The highest BCUT2D eigenvalue weighted by Crippen LogP contribution is 2.23. The predicted octanol–water partition coefficient (Wildman–Crippen LogP) is 2.68. The van der Waals surface area contributed by atoms with Crippen LogP contribution in [0.2, 0.25) is 5.02 Å². The number of rotatable bonds is 5. The lowest BCUT2D eigenvalue weighted by Crippen LogP contribution is -2.33. The number of hydrogen-bond donors (Lipinski definition) is 2. The van der Waals surface area contributed by atoms with Gasteiger partial charge in [-0.25, -0.2) is 0 Å². The molecule has 0 aliphatic rings. The molecule has 0 saturated heterocycles. The van der Waals surface area contributed by atoms with Crippen molar-refractivity contribution in [2.45, 2.75) is 25.4 Å². The Hall–Kier alpha value is -1.91. The van der Waals surface area contributed by atoms with E-state index in [4.69, 9.17) is 17.3 Å². The molecule has 5 heteroatoms. The van der Waals surface area contributed by atoms with Gasteiger partial charge in [0, 0.05) is 23.7 Å². The molecule has 1 heterocycles. The van der Waals surface area contributed by atoms with E-state index in [0.717, 1.165) is 11.3 Å². The van der Waals surface area contributed by atoms with Crippen LogP contribution in [0.5, 0.6) is 0 Å². The van der Waals surface area contributed by atoms with E-state index in [0.29, 0.717) is 5.02 Å². The fourth-order valence-corrected chi connectivity index (χ4v) is 2.27. The van der Waals surface area contributed by atoms with Crippen LogP contribution in [0.15, 0.2) is 48.7 Å². The first-order valence-corrected chi connectivity index (χ1v) is 7.15. The van der Waals surface area contributed by atoms with Crippen molar-refractivity contribution in [3.63, 3.8) is 0 Å². The van der Waals surface area contributed by atoms with Crippen LogP contribution in [0, 0.1) is 0 Å². The fourth-order valence-electron chi connectivity index (χ4n) is 2.07. The third-order valence-corrected chi connectivity index (χ3v) is 3.21. The monoisotopic (exact) mass is 303 g/mol. The Morgan fingerprint density at radius 3 is 2.76 bits per heavy atom. The van der Waals surface area contributed by atoms with Crippen LogP contribution < -0.4 is 11.1 Å². The van der Waals surface area contributed by atoms with Gasteiger partial charge >= 0.3 is 0 Å². The Labute approximate surface area is 129 Å². The van der Waals surface area contributed by atoms with E-state index in [9.17, 15) is 4.79 Å². The van der Waals surface area contributed by atoms with Crippen molar-refractivity contribution in [1.29, 1.82) is 0 Å². The summed E-state index contributed by atoms with van der Waals surface area (Å²) in [6, 6.07) is 12.5. The second-order valence-corrected chi connectivity index (χ2v) is 5.43. The van der Waals surface area contributed by atoms with Crippen LogP contribution in [0.3, 0.4) is 0 Å². The number of pyridine rings is 1. The molecule has 110 valence electrons. The van der Waals surface area contributed by atoms with Crippen LogP contribution in [-0.4, -0.2) is 16.9 Å². The van der Waals surface area contributed by atoms with E-state index in [1.54, 1.807) is 19.2 Å². The lowest BCUT2D eigenvalue weighted by atomic mass is 10.0. The van der Waals surface area contributed by atoms with Gasteiger partial charge in [-0.1, -0.05) is 29.8 Å². The second-order valence-electron chi connectivity index (χ2n) is 4.99. The van der Waals surface area contributed by atoms with Crippen molar-refractivity contribution in [1.82, 2.24) is 10.3 Å². The summed E-state index contributed by atoms with van der Waals surface area (Å²) < 4.78 is 0. The van der Waals surface area contributed by atoms with E-state index < -0.39 is 0 Å². The Morgan fingerprint density at radius 2 is 2.14 bits per heavy atom. The summed E-state index contributed by atoms with van der Waals surface area (Å²) in [6.45, 7) is 1.80. The molecule has 1 aromatic carbocycles. The summed E-state index contributed by atoms with van der Waals surface area (Å²) in [5, 5.41) is 3.59. The van der Waals surface area contributed by atoms with E-state index in [2.05, 4.69) is 10.3 Å². The number of nitrogens with one attached hydrogen (secondary N) is 1. The van der Waals surface area contributed by atoms with Gasteiger partial charge in [-0.15, -0.1) is 0 Å². The summed E-state index contributed by atoms with van der Waals surface area (Å²) >= 11 is 6.04.